The van der Waals surface area contributed by atoms with Crippen molar-refractivity contribution in [3.63, 3.8) is 0 Å². The van der Waals surface area contributed by atoms with E-state index in [0.717, 1.165) is 17.3 Å². The molecule has 64 valence electrons. The molecular formula is C11H20. The van der Waals surface area contributed by atoms with Crippen LogP contribution in [-0.4, -0.2) is 0 Å². The third-order valence-electron chi connectivity index (χ3n) is 3.75. The monoisotopic (exact) mass is 152 g/mol. The first kappa shape index (κ1) is 7.64. The van der Waals surface area contributed by atoms with Gasteiger partial charge in [-0.25, -0.2) is 0 Å². The molecule has 0 aliphatic heterocycles. The van der Waals surface area contributed by atoms with E-state index in [2.05, 4.69) is 13.8 Å². The Morgan fingerprint density at radius 1 is 1.27 bits per heavy atom. The van der Waals surface area contributed by atoms with E-state index in [1.54, 1.807) is 0 Å². The van der Waals surface area contributed by atoms with Crippen molar-refractivity contribution in [3.05, 3.63) is 0 Å². The smallest absolute Gasteiger partial charge is 0.0321 e. The molecule has 3 atom stereocenters. The van der Waals surface area contributed by atoms with Crippen LogP contribution >= 0.6 is 0 Å². The van der Waals surface area contributed by atoms with Gasteiger partial charge in [-0.2, -0.15) is 0 Å². The summed E-state index contributed by atoms with van der Waals surface area (Å²) in [5.41, 5.74) is 0.751. The summed E-state index contributed by atoms with van der Waals surface area (Å²) in [6.07, 6.45) is 9.11. The normalized spacial score (nSPS) is 50.7. The standard InChI is InChI=1S/C11H20/c1-9-6-10-4-3-5-11(2,7-9)8-10/h9-10H,3-8H2,1-2H3. The molecule has 0 amide bonds. The fourth-order valence-electron chi connectivity index (χ4n) is 3.60. The Balaban J connectivity index is 2.09. The second-order valence-electron chi connectivity index (χ2n) is 5.32. The topological polar surface area (TPSA) is 0 Å². The van der Waals surface area contributed by atoms with Gasteiger partial charge in [-0.05, 0) is 42.9 Å². The van der Waals surface area contributed by atoms with Crippen molar-refractivity contribution in [2.75, 3.05) is 0 Å². The summed E-state index contributed by atoms with van der Waals surface area (Å²) < 4.78 is 0. The minimum Gasteiger partial charge on any atom is -0.0625 e. The zero-order valence-corrected chi connectivity index (χ0v) is 7.90. The van der Waals surface area contributed by atoms with Crippen molar-refractivity contribution in [3.8, 4) is 0 Å². The molecule has 0 aromatic rings. The lowest BCUT2D eigenvalue weighted by atomic mass is 9.60. The molecule has 0 nitrogen and oxygen atoms in total. The highest BCUT2D eigenvalue weighted by atomic mass is 14.4. The van der Waals surface area contributed by atoms with Crippen molar-refractivity contribution in [1.29, 1.82) is 0 Å². The Bertz CT molecular complexity index is 146. The average molecular weight is 152 g/mol. The minimum atomic E-state index is 0.751. The lowest BCUT2D eigenvalue weighted by Gasteiger charge is -2.45. The Morgan fingerprint density at radius 3 is 2.82 bits per heavy atom. The molecule has 0 N–H and O–H groups in total. The summed E-state index contributed by atoms with van der Waals surface area (Å²) in [5.74, 6) is 2.11. The number of fused-ring (bicyclic) bond motifs is 2. The number of rotatable bonds is 0. The average Bonchev–Trinajstić information content (AvgIpc) is 1.82. The Hall–Kier alpha value is 0. The lowest BCUT2D eigenvalue weighted by molar-refractivity contribution is 0.0619. The van der Waals surface area contributed by atoms with Crippen molar-refractivity contribution in [2.45, 2.75) is 52.4 Å². The van der Waals surface area contributed by atoms with E-state index < -0.39 is 0 Å². The van der Waals surface area contributed by atoms with Gasteiger partial charge in [0.05, 0.1) is 0 Å². The van der Waals surface area contributed by atoms with Crippen molar-refractivity contribution >= 4 is 0 Å². The molecule has 0 heterocycles. The summed E-state index contributed by atoms with van der Waals surface area (Å²) in [6, 6.07) is 0. The second kappa shape index (κ2) is 2.50. The molecule has 11 heavy (non-hydrogen) atoms. The van der Waals surface area contributed by atoms with Gasteiger partial charge < -0.3 is 0 Å². The van der Waals surface area contributed by atoms with Gasteiger partial charge in [0.25, 0.3) is 0 Å². The van der Waals surface area contributed by atoms with Gasteiger partial charge in [-0.1, -0.05) is 26.7 Å². The van der Waals surface area contributed by atoms with Crippen LogP contribution in [0, 0.1) is 17.3 Å². The fourth-order valence-corrected chi connectivity index (χ4v) is 3.60. The summed E-state index contributed by atoms with van der Waals surface area (Å²) in [7, 11) is 0. The molecule has 0 aromatic carbocycles. The van der Waals surface area contributed by atoms with E-state index in [9.17, 15) is 0 Å². The summed E-state index contributed by atoms with van der Waals surface area (Å²) in [4.78, 5) is 0. The van der Waals surface area contributed by atoms with Gasteiger partial charge in [0, 0.05) is 0 Å². The first-order chi connectivity index (χ1) is 5.18. The highest BCUT2D eigenvalue weighted by Gasteiger charge is 2.37. The van der Waals surface area contributed by atoms with E-state index in [1.807, 2.05) is 0 Å². The van der Waals surface area contributed by atoms with Gasteiger partial charge in [-0.15, -0.1) is 0 Å². The molecule has 0 aromatic heterocycles. The third kappa shape index (κ3) is 1.45. The van der Waals surface area contributed by atoms with E-state index in [4.69, 9.17) is 0 Å². The first-order valence-corrected chi connectivity index (χ1v) is 5.18. The van der Waals surface area contributed by atoms with Gasteiger partial charge in [-0.3, -0.25) is 0 Å². The largest absolute Gasteiger partial charge is 0.0625 e. The lowest BCUT2D eigenvalue weighted by Crippen LogP contribution is -2.33. The molecule has 2 rings (SSSR count). The molecule has 0 saturated heterocycles. The molecule has 2 saturated carbocycles. The van der Waals surface area contributed by atoms with Crippen molar-refractivity contribution < 1.29 is 0 Å². The molecular weight excluding hydrogens is 132 g/mol. The minimum absolute atomic E-state index is 0.751. The molecule has 2 aliphatic rings. The number of hydrogen-bond acceptors (Lipinski definition) is 0. The van der Waals surface area contributed by atoms with Crippen molar-refractivity contribution in [2.24, 2.45) is 17.3 Å². The second-order valence-corrected chi connectivity index (χ2v) is 5.32. The van der Waals surface area contributed by atoms with Crippen LogP contribution < -0.4 is 0 Å². The zero-order valence-electron chi connectivity index (χ0n) is 7.90. The van der Waals surface area contributed by atoms with Gasteiger partial charge >= 0.3 is 0 Å². The van der Waals surface area contributed by atoms with Crippen LogP contribution in [0.15, 0.2) is 0 Å². The molecule has 3 unspecified atom stereocenters. The van der Waals surface area contributed by atoms with Crippen LogP contribution in [0.4, 0.5) is 0 Å². The quantitative estimate of drug-likeness (QED) is 0.497. The summed E-state index contributed by atoms with van der Waals surface area (Å²) in [5, 5.41) is 0. The molecule has 0 radical (unpaired) electrons. The van der Waals surface area contributed by atoms with Gasteiger partial charge in [0.1, 0.15) is 0 Å². The molecule has 2 bridgehead atoms. The van der Waals surface area contributed by atoms with Gasteiger partial charge in [0.15, 0.2) is 0 Å². The van der Waals surface area contributed by atoms with Crippen molar-refractivity contribution in [1.82, 2.24) is 0 Å². The molecule has 2 aliphatic carbocycles. The summed E-state index contributed by atoms with van der Waals surface area (Å²) >= 11 is 0. The van der Waals surface area contributed by atoms with E-state index in [-0.39, 0.29) is 0 Å². The van der Waals surface area contributed by atoms with Crippen LogP contribution in [0.3, 0.4) is 0 Å². The van der Waals surface area contributed by atoms with Crippen LogP contribution in [0.1, 0.15) is 52.4 Å². The zero-order chi connectivity index (χ0) is 7.90. The molecule has 0 heteroatoms. The maximum atomic E-state index is 2.51. The Kier molecular flexibility index (Phi) is 1.74. The Labute approximate surface area is 70.4 Å². The van der Waals surface area contributed by atoms with Crippen LogP contribution in [-0.2, 0) is 0 Å². The van der Waals surface area contributed by atoms with Gasteiger partial charge in [0.2, 0.25) is 0 Å². The van der Waals surface area contributed by atoms with Crippen LogP contribution in [0.5, 0.6) is 0 Å². The van der Waals surface area contributed by atoms with E-state index >= 15 is 0 Å². The Morgan fingerprint density at radius 2 is 2.09 bits per heavy atom. The molecule has 2 fully saturated rings. The predicted octanol–water partition coefficient (Wildman–Crippen LogP) is 3.61. The summed E-state index contributed by atoms with van der Waals surface area (Å²) in [6.45, 7) is 4.95. The van der Waals surface area contributed by atoms with E-state index in [1.165, 1.54) is 38.5 Å². The third-order valence-corrected chi connectivity index (χ3v) is 3.75. The fraction of sp³-hybridized carbons (Fsp3) is 1.00. The van der Waals surface area contributed by atoms with Crippen LogP contribution in [0.25, 0.3) is 0 Å². The molecule has 0 spiro atoms. The predicted molar refractivity (Wildman–Crippen MR) is 48.5 cm³/mol. The first-order valence-electron chi connectivity index (χ1n) is 5.18. The highest BCUT2D eigenvalue weighted by molar-refractivity contribution is 4.89. The van der Waals surface area contributed by atoms with E-state index in [0.29, 0.717) is 0 Å². The van der Waals surface area contributed by atoms with Crippen LogP contribution in [0.2, 0.25) is 0 Å². The SMILES string of the molecule is CC1CC2CCCC(C)(C1)C2. The maximum Gasteiger partial charge on any atom is -0.0321 e. The number of hydrogen-bond donors (Lipinski definition) is 0. The highest BCUT2D eigenvalue weighted by Crippen LogP contribution is 2.50. The maximum absolute atomic E-state index is 2.51.